The number of nitrogens with zero attached hydrogens (tertiary/aromatic N) is 4. The monoisotopic (exact) mass is 305 g/mol. The fourth-order valence-electron chi connectivity index (χ4n) is 1.86. The summed E-state index contributed by atoms with van der Waals surface area (Å²) in [6.45, 7) is 0. The van der Waals surface area contributed by atoms with E-state index in [1.165, 1.54) is 0 Å². The highest BCUT2D eigenvalue weighted by Crippen LogP contribution is 2.31. The fourth-order valence-corrected chi connectivity index (χ4v) is 2.25. The summed E-state index contributed by atoms with van der Waals surface area (Å²) in [5.74, 6) is 0.504. The Morgan fingerprint density at radius 2 is 1.85 bits per heavy atom. The van der Waals surface area contributed by atoms with Crippen molar-refractivity contribution in [1.82, 2.24) is 20.2 Å². The zero-order chi connectivity index (χ0) is 14.1. The molecule has 0 spiro atoms. The lowest BCUT2D eigenvalue weighted by Gasteiger charge is -2.07. The van der Waals surface area contributed by atoms with Crippen LogP contribution in [0.2, 0.25) is 10.0 Å². The van der Waals surface area contributed by atoms with Crippen molar-refractivity contribution in [1.29, 1.82) is 0 Å². The van der Waals surface area contributed by atoms with E-state index in [0.717, 1.165) is 5.69 Å². The molecule has 0 fully saturated rings. The van der Waals surface area contributed by atoms with Gasteiger partial charge in [0, 0.05) is 10.6 Å². The van der Waals surface area contributed by atoms with Crippen molar-refractivity contribution >= 4 is 28.9 Å². The summed E-state index contributed by atoms with van der Waals surface area (Å²) >= 11 is 12.2. The van der Waals surface area contributed by atoms with Crippen LogP contribution < -0.4 is 5.73 Å². The molecule has 0 radical (unpaired) electrons. The van der Waals surface area contributed by atoms with Crippen molar-refractivity contribution in [3.63, 3.8) is 0 Å². The maximum atomic E-state index is 6.22. The molecule has 3 rings (SSSR count). The van der Waals surface area contributed by atoms with Gasteiger partial charge in [0.1, 0.15) is 0 Å². The van der Waals surface area contributed by atoms with Gasteiger partial charge in [-0.3, -0.25) is 0 Å². The Hall–Kier alpha value is -2.11. The minimum Gasteiger partial charge on any atom is -0.398 e. The SMILES string of the molecule is Nc1cccc(-c2nnnn2-c2cccc(Cl)c2)c1Cl. The average Bonchev–Trinajstić information content (AvgIpc) is 2.91. The molecular formula is C13H9Cl2N5. The predicted molar refractivity (Wildman–Crippen MR) is 79.0 cm³/mol. The quantitative estimate of drug-likeness (QED) is 0.738. The molecule has 0 aliphatic rings. The first-order valence-electron chi connectivity index (χ1n) is 5.75. The van der Waals surface area contributed by atoms with E-state index in [-0.39, 0.29) is 0 Å². The molecule has 0 atom stereocenters. The molecule has 0 unspecified atom stereocenters. The second kappa shape index (κ2) is 5.11. The molecule has 7 heteroatoms. The highest BCUT2D eigenvalue weighted by Gasteiger charge is 2.15. The van der Waals surface area contributed by atoms with Gasteiger partial charge in [-0.1, -0.05) is 35.3 Å². The Kier molecular flexibility index (Phi) is 3.30. The minimum absolute atomic E-state index is 0.422. The van der Waals surface area contributed by atoms with Gasteiger partial charge in [-0.2, -0.15) is 4.68 Å². The van der Waals surface area contributed by atoms with Crippen LogP contribution >= 0.6 is 23.2 Å². The second-order valence-electron chi connectivity index (χ2n) is 4.10. The van der Waals surface area contributed by atoms with E-state index in [0.29, 0.717) is 27.1 Å². The van der Waals surface area contributed by atoms with Crippen molar-refractivity contribution in [2.45, 2.75) is 0 Å². The number of anilines is 1. The van der Waals surface area contributed by atoms with E-state index in [2.05, 4.69) is 15.5 Å². The van der Waals surface area contributed by atoms with Gasteiger partial charge in [-0.15, -0.1) is 5.10 Å². The predicted octanol–water partition coefficient (Wildman–Crippen LogP) is 3.22. The summed E-state index contributed by atoms with van der Waals surface area (Å²) in [5.41, 5.74) is 7.70. The highest BCUT2D eigenvalue weighted by molar-refractivity contribution is 6.35. The van der Waals surface area contributed by atoms with Crippen LogP contribution in [0.3, 0.4) is 0 Å². The van der Waals surface area contributed by atoms with Gasteiger partial charge in [0.25, 0.3) is 0 Å². The van der Waals surface area contributed by atoms with Gasteiger partial charge in [0.2, 0.25) is 0 Å². The molecule has 2 aromatic carbocycles. The van der Waals surface area contributed by atoms with Crippen LogP contribution in [0.25, 0.3) is 17.1 Å². The number of benzene rings is 2. The lowest BCUT2D eigenvalue weighted by atomic mass is 10.2. The number of halogens is 2. The molecule has 0 aliphatic carbocycles. The summed E-state index contributed by atoms with van der Waals surface area (Å²) in [4.78, 5) is 0. The largest absolute Gasteiger partial charge is 0.398 e. The molecule has 0 aliphatic heterocycles. The molecule has 0 saturated heterocycles. The van der Waals surface area contributed by atoms with Gasteiger partial charge in [0.05, 0.1) is 16.4 Å². The van der Waals surface area contributed by atoms with Crippen molar-refractivity contribution in [3.05, 3.63) is 52.5 Å². The molecule has 1 heterocycles. The molecule has 100 valence electrons. The first kappa shape index (κ1) is 12.9. The Bertz CT molecular complexity index is 769. The maximum Gasteiger partial charge on any atom is 0.188 e. The highest BCUT2D eigenvalue weighted by atomic mass is 35.5. The van der Waals surface area contributed by atoms with Crippen LogP contribution in [0, 0.1) is 0 Å². The van der Waals surface area contributed by atoms with E-state index in [9.17, 15) is 0 Å². The maximum absolute atomic E-state index is 6.22. The number of aromatic nitrogens is 4. The molecule has 1 aromatic heterocycles. The van der Waals surface area contributed by atoms with Gasteiger partial charge in [-0.25, -0.2) is 0 Å². The smallest absolute Gasteiger partial charge is 0.188 e. The van der Waals surface area contributed by atoms with Crippen molar-refractivity contribution < 1.29 is 0 Å². The van der Waals surface area contributed by atoms with E-state index in [4.69, 9.17) is 28.9 Å². The van der Waals surface area contributed by atoms with Crippen molar-refractivity contribution in [2.24, 2.45) is 0 Å². The molecule has 0 saturated carbocycles. The molecule has 5 nitrogen and oxygen atoms in total. The normalized spacial score (nSPS) is 10.7. The van der Waals surface area contributed by atoms with E-state index < -0.39 is 0 Å². The Balaban J connectivity index is 2.18. The van der Waals surface area contributed by atoms with Crippen LogP contribution in [0.1, 0.15) is 0 Å². The molecule has 2 N–H and O–H groups in total. The van der Waals surface area contributed by atoms with Crippen LogP contribution in [0.5, 0.6) is 0 Å². The second-order valence-corrected chi connectivity index (χ2v) is 4.92. The lowest BCUT2D eigenvalue weighted by molar-refractivity contribution is 0.791. The Morgan fingerprint density at radius 1 is 1.05 bits per heavy atom. The molecule has 20 heavy (non-hydrogen) atoms. The standard InChI is InChI=1S/C13H9Cl2N5/c14-8-3-1-4-9(7-8)20-13(17-18-19-20)10-5-2-6-11(16)12(10)15/h1-7H,16H2. The summed E-state index contributed by atoms with van der Waals surface area (Å²) < 4.78 is 1.56. The molecule has 0 amide bonds. The average molecular weight is 306 g/mol. The van der Waals surface area contributed by atoms with Crippen molar-refractivity contribution in [3.8, 4) is 17.1 Å². The first-order chi connectivity index (χ1) is 9.66. The first-order valence-corrected chi connectivity index (χ1v) is 6.51. The van der Waals surface area contributed by atoms with E-state index in [1.807, 2.05) is 18.2 Å². The zero-order valence-electron chi connectivity index (χ0n) is 10.2. The van der Waals surface area contributed by atoms with Gasteiger partial charge < -0.3 is 5.73 Å². The van der Waals surface area contributed by atoms with Crippen LogP contribution in [0.15, 0.2) is 42.5 Å². The number of nitrogen functional groups attached to an aromatic ring is 1. The number of hydrogen-bond donors (Lipinski definition) is 1. The summed E-state index contributed by atoms with van der Waals surface area (Å²) in [6, 6.07) is 12.6. The molecule has 3 aromatic rings. The number of hydrogen-bond acceptors (Lipinski definition) is 4. The summed E-state index contributed by atoms with van der Waals surface area (Å²) in [7, 11) is 0. The Labute approximate surface area is 124 Å². The van der Waals surface area contributed by atoms with Gasteiger partial charge in [0.15, 0.2) is 5.82 Å². The molecular weight excluding hydrogens is 297 g/mol. The van der Waals surface area contributed by atoms with E-state index in [1.54, 1.807) is 28.9 Å². The van der Waals surface area contributed by atoms with E-state index >= 15 is 0 Å². The number of tetrazole rings is 1. The fraction of sp³-hybridized carbons (Fsp3) is 0. The minimum atomic E-state index is 0.422. The summed E-state index contributed by atoms with van der Waals surface area (Å²) in [6.07, 6.45) is 0. The lowest BCUT2D eigenvalue weighted by Crippen LogP contribution is -2.00. The zero-order valence-corrected chi connectivity index (χ0v) is 11.7. The molecule has 0 bridgehead atoms. The third-order valence-electron chi connectivity index (χ3n) is 2.79. The van der Waals surface area contributed by atoms with Crippen LogP contribution in [-0.2, 0) is 0 Å². The number of rotatable bonds is 2. The Morgan fingerprint density at radius 3 is 2.65 bits per heavy atom. The summed E-state index contributed by atoms with van der Waals surface area (Å²) in [5, 5.41) is 12.7. The van der Waals surface area contributed by atoms with Crippen molar-refractivity contribution in [2.75, 3.05) is 5.73 Å². The third-order valence-corrected chi connectivity index (χ3v) is 3.45. The van der Waals surface area contributed by atoms with Crippen LogP contribution in [-0.4, -0.2) is 20.2 Å². The van der Waals surface area contributed by atoms with Gasteiger partial charge >= 0.3 is 0 Å². The van der Waals surface area contributed by atoms with Gasteiger partial charge in [-0.05, 0) is 40.8 Å². The third kappa shape index (κ3) is 2.21. The van der Waals surface area contributed by atoms with Crippen LogP contribution in [0.4, 0.5) is 5.69 Å². The number of nitrogens with two attached hydrogens (primary N) is 1. The topological polar surface area (TPSA) is 69.6 Å².